The number of carbonyl (C=O) groups excluding carboxylic acids is 1. The second-order valence-electron chi connectivity index (χ2n) is 5.99. The number of carbonyl (C=O) groups is 2. The van der Waals surface area contributed by atoms with Gasteiger partial charge in [0, 0.05) is 18.6 Å². The fourth-order valence-corrected chi connectivity index (χ4v) is 3.40. The Hall–Kier alpha value is -1.10. The summed E-state index contributed by atoms with van der Waals surface area (Å²) in [5.74, 6) is -0.964. The van der Waals surface area contributed by atoms with Crippen LogP contribution in [0.1, 0.15) is 45.4 Å². The van der Waals surface area contributed by atoms with Gasteiger partial charge < -0.3 is 15.7 Å². The third kappa shape index (κ3) is 3.08. The third-order valence-corrected chi connectivity index (χ3v) is 4.65. The standard InChI is InChI=1S/C14H24N2O3/c1-9-8-10(14(18)19)6-7-16(9)13(17)11-4-2-3-5-12(11)15/h9-12H,2-8,15H2,1H3,(H,18,19). The summed E-state index contributed by atoms with van der Waals surface area (Å²) in [7, 11) is 0. The highest BCUT2D eigenvalue weighted by Crippen LogP contribution is 2.29. The van der Waals surface area contributed by atoms with E-state index in [9.17, 15) is 9.59 Å². The van der Waals surface area contributed by atoms with Gasteiger partial charge in [-0.2, -0.15) is 0 Å². The molecular formula is C14H24N2O3. The van der Waals surface area contributed by atoms with Crippen LogP contribution in [0.3, 0.4) is 0 Å². The lowest BCUT2D eigenvalue weighted by Gasteiger charge is -2.40. The molecule has 2 aliphatic rings. The highest BCUT2D eigenvalue weighted by Gasteiger charge is 2.37. The molecule has 0 spiro atoms. The van der Waals surface area contributed by atoms with Gasteiger partial charge in [-0.15, -0.1) is 0 Å². The Bertz CT molecular complexity index is 359. The van der Waals surface area contributed by atoms with Gasteiger partial charge in [0.25, 0.3) is 0 Å². The fraction of sp³-hybridized carbons (Fsp3) is 0.857. The van der Waals surface area contributed by atoms with Crippen molar-refractivity contribution in [3.8, 4) is 0 Å². The lowest BCUT2D eigenvalue weighted by molar-refractivity contribution is -0.149. The van der Waals surface area contributed by atoms with Crippen molar-refractivity contribution in [3.63, 3.8) is 0 Å². The smallest absolute Gasteiger partial charge is 0.306 e. The first-order chi connectivity index (χ1) is 9.00. The summed E-state index contributed by atoms with van der Waals surface area (Å²) in [5, 5.41) is 9.05. The lowest BCUT2D eigenvalue weighted by atomic mass is 9.82. The molecule has 3 N–H and O–H groups in total. The van der Waals surface area contributed by atoms with Gasteiger partial charge in [0.05, 0.1) is 11.8 Å². The summed E-state index contributed by atoms with van der Waals surface area (Å²) in [5.41, 5.74) is 6.07. The van der Waals surface area contributed by atoms with Crippen LogP contribution in [0.25, 0.3) is 0 Å². The number of piperidine rings is 1. The molecule has 1 saturated heterocycles. The van der Waals surface area contributed by atoms with Gasteiger partial charge in [0.1, 0.15) is 0 Å². The van der Waals surface area contributed by atoms with E-state index >= 15 is 0 Å². The van der Waals surface area contributed by atoms with E-state index in [0.717, 1.165) is 25.7 Å². The Balaban J connectivity index is 1.98. The number of hydrogen-bond acceptors (Lipinski definition) is 3. The molecule has 0 bridgehead atoms. The maximum absolute atomic E-state index is 12.5. The fourth-order valence-electron chi connectivity index (χ4n) is 3.40. The van der Waals surface area contributed by atoms with Crippen molar-refractivity contribution in [1.82, 2.24) is 4.90 Å². The minimum atomic E-state index is -0.742. The van der Waals surface area contributed by atoms with Gasteiger partial charge in [-0.1, -0.05) is 12.8 Å². The van der Waals surface area contributed by atoms with Crippen molar-refractivity contribution >= 4 is 11.9 Å². The molecule has 0 radical (unpaired) electrons. The van der Waals surface area contributed by atoms with E-state index in [1.807, 2.05) is 11.8 Å². The van der Waals surface area contributed by atoms with Crippen LogP contribution in [-0.4, -0.2) is 40.5 Å². The Labute approximate surface area is 114 Å². The van der Waals surface area contributed by atoms with Crippen LogP contribution >= 0.6 is 0 Å². The predicted molar refractivity (Wildman–Crippen MR) is 71.5 cm³/mol. The normalized spacial score (nSPS) is 36.0. The zero-order chi connectivity index (χ0) is 14.0. The van der Waals surface area contributed by atoms with E-state index in [1.165, 1.54) is 0 Å². The number of nitrogens with zero attached hydrogens (tertiary/aromatic N) is 1. The summed E-state index contributed by atoms with van der Waals surface area (Å²) in [6, 6.07) is -0.0119. The second-order valence-corrected chi connectivity index (χ2v) is 5.99. The summed E-state index contributed by atoms with van der Waals surface area (Å²) >= 11 is 0. The van der Waals surface area contributed by atoms with Gasteiger partial charge in [-0.05, 0) is 32.6 Å². The molecule has 108 valence electrons. The molecule has 0 aromatic carbocycles. The van der Waals surface area contributed by atoms with Crippen molar-refractivity contribution < 1.29 is 14.7 Å². The molecule has 0 aromatic rings. The molecule has 1 heterocycles. The van der Waals surface area contributed by atoms with Crippen molar-refractivity contribution in [2.75, 3.05) is 6.54 Å². The molecule has 5 nitrogen and oxygen atoms in total. The number of aliphatic carboxylic acids is 1. The van der Waals surface area contributed by atoms with Gasteiger partial charge in [-0.25, -0.2) is 0 Å². The largest absolute Gasteiger partial charge is 0.481 e. The predicted octanol–water partition coefficient (Wildman–Crippen LogP) is 1.22. The quantitative estimate of drug-likeness (QED) is 0.788. The van der Waals surface area contributed by atoms with Crippen LogP contribution in [0.5, 0.6) is 0 Å². The van der Waals surface area contributed by atoms with Crippen LogP contribution in [0, 0.1) is 11.8 Å². The van der Waals surface area contributed by atoms with E-state index in [-0.39, 0.29) is 29.8 Å². The number of amides is 1. The van der Waals surface area contributed by atoms with Crippen LogP contribution in [0.15, 0.2) is 0 Å². The van der Waals surface area contributed by atoms with Crippen molar-refractivity contribution in [1.29, 1.82) is 0 Å². The highest BCUT2D eigenvalue weighted by molar-refractivity contribution is 5.80. The van der Waals surface area contributed by atoms with E-state index in [2.05, 4.69) is 0 Å². The lowest BCUT2D eigenvalue weighted by Crippen LogP contribution is -2.52. The van der Waals surface area contributed by atoms with E-state index in [0.29, 0.717) is 19.4 Å². The first-order valence-corrected chi connectivity index (χ1v) is 7.29. The number of rotatable bonds is 2. The van der Waals surface area contributed by atoms with Crippen LogP contribution in [0.2, 0.25) is 0 Å². The SMILES string of the molecule is CC1CC(C(=O)O)CCN1C(=O)C1CCCCC1N. The molecule has 4 atom stereocenters. The molecular weight excluding hydrogens is 244 g/mol. The minimum Gasteiger partial charge on any atom is -0.481 e. The molecule has 1 aliphatic carbocycles. The molecule has 19 heavy (non-hydrogen) atoms. The molecule has 4 unspecified atom stereocenters. The molecule has 5 heteroatoms. The summed E-state index contributed by atoms with van der Waals surface area (Å²) in [6.45, 7) is 2.50. The van der Waals surface area contributed by atoms with E-state index in [1.54, 1.807) is 0 Å². The number of hydrogen-bond donors (Lipinski definition) is 2. The molecule has 1 amide bonds. The first kappa shape index (κ1) is 14.3. The first-order valence-electron chi connectivity index (χ1n) is 7.29. The Morgan fingerprint density at radius 1 is 1.21 bits per heavy atom. The summed E-state index contributed by atoms with van der Waals surface area (Å²) in [4.78, 5) is 25.4. The Morgan fingerprint density at radius 2 is 1.89 bits per heavy atom. The van der Waals surface area contributed by atoms with Crippen LogP contribution < -0.4 is 5.73 Å². The number of carboxylic acids is 1. The van der Waals surface area contributed by atoms with Crippen LogP contribution in [-0.2, 0) is 9.59 Å². The third-order valence-electron chi connectivity index (χ3n) is 4.65. The zero-order valence-electron chi connectivity index (χ0n) is 11.5. The van der Waals surface area contributed by atoms with Gasteiger partial charge in [0.15, 0.2) is 0 Å². The van der Waals surface area contributed by atoms with Gasteiger partial charge in [-0.3, -0.25) is 9.59 Å². The average Bonchev–Trinajstić information content (AvgIpc) is 2.38. The van der Waals surface area contributed by atoms with Crippen molar-refractivity contribution in [2.45, 2.75) is 57.5 Å². The number of nitrogens with two attached hydrogens (primary N) is 1. The van der Waals surface area contributed by atoms with Crippen molar-refractivity contribution in [3.05, 3.63) is 0 Å². The van der Waals surface area contributed by atoms with Crippen molar-refractivity contribution in [2.24, 2.45) is 17.6 Å². The Kier molecular flexibility index (Phi) is 4.45. The van der Waals surface area contributed by atoms with Gasteiger partial charge >= 0.3 is 5.97 Å². The molecule has 2 fully saturated rings. The van der Waals surface area contributed by atoms with E-state index < -0.39 is 5.97 Å². The summed E-state index contributed by atoms with van der Waals surface area (Å²) < 4.78 is 0. The summed E-state index contributed by atoms with van der Waals surface area (Å²) in [6.07, 6.45) is 5.12. The van der Waals surface area contributed by atoms with Gasteiger partial charge in [0.2, 0.25) is 5.91 Å². The maximum Gasteiger partial charge on any atom is 0.306 e. The van der Waals surface area contributed by atoms with E-state index in [4.69, 9.17) is 10.8 Å². The molecule has 1 saturated carbocycles. The highest BCUT2D eigenvalue weighted by atomic mass is 16.4. The van der Waals surface area contributed by atoms with Crippen LogP contribution in [0.4, 0.5) is 0 Å². The number of likely N-dealkylation sites (tertiary alicyclic amines) is 1. The molecule has 0 aromatic heterocycles. The Morgan fingerprint density at radius 3 is 2.47 bits per heavy atom. The molecule has 2 rings (SSSR count). The minimum absolute atomic E-state index is 0.0106. The monoisotopic (exact) mass is 268 g/mol. The number of carboxylic acid groups (broad SMARTS) is 1. The average molecular weight is 268 g/mol. The maximum atomic E-state index is 12.5. The second kappa shape index (κ2) is 5.90. The zero-order valence-corrected chi connectivity index (χ0v) is 11.5. The molecule has 1 aliphatic heterocycles. The topological polar surface area (TPSA) is 83.6 Å².